The molecule has 0 atom stereocenters. The van der Waals surface area contributed by atoms with Gasteiger partial charge in [-0.2, -0.15) is 10.5 Å². The number of nitriles is 2. The van der Waals surface area contributed by atoms with Crippen molar-refractivity contribution in [2.24, 2.45) is 0 Å². The summed E-state index contributed by atoms with van der Waals surface area (Å²) in [6, 6.07) is 17.1. The van der Waals surface area contributed by atoms with E-state index in [-0.39, 0.29) is 5.41 Å². The third-order valence-corrected chi connectivity index (χ3v) is 4.37. The maximum atomic E-state index is 8.89. The highest BCUT2D eigenvalue weighted by molar-refractivity contribution is 5.81. The molecule has 0 aliphatic heterocycles. The van der Waals surface area contributed by atoms with E-state index in [4.69, 9.17) is 10.5 Å². The number of hydrogen-bond acceptors (Lipinski definition) is 2. The van der Waals surface area contributed by atoms with Crippen LogP contribution in [0.25, 0.3) is 11.1 Å². The van der Waals surface area contributed by atoms with E-state index in [1.807, 2.05) is 12.1 Å². The van der Waals surface area contributed by atoms with Crippen LogP contribution in [0.2, 0.25) is 0 Å². The fraction of sp³-hybridized carbons (Fsp3) is 0.263. The van der Waals surface area contributed by atoms with E-state index in [1.54, 1.807) is 0 Å². The number of fused-ring (bicyclic) bond motifs is 3. The zero-order valence-electron chi connectivity index (χ0n) is 12.3. The molecule has 0 radical (unpaired) electrons. The number of hydrogen-bond donors (Lipinski definition) is 0. The summed E-state index contributed by atoms with van der Waals surface area (Å²) in [7, 11) is 0. The van der Waals surface area contributed by atoms with Gasteiger partial charge in [-0.15, -0.1) is 0 Å². The second kappa shape index (κ2) is 4.76. The predicted octanol–water partition coefficient (Wildman–Crippen LogP) is 4.13. The maximum absolute atomic E-state index is 8.89. The van der Waals surface area contributed by atoms with Gasteiger partial charge in [0, 0.05) is 5.41 Å². The van der Waals surface area contributed by atoms with Crippen LogP contribution in [-0.4, -0.2) is 0 Å². The Morgan fingerprint density at radius 1 is 0.810 bits per heavy atom. The molecule has 3 rings (SSSR count). The van der Waals surface area contributed by atoms with Gasteiger partial charge in [-0.05, 0) is 33.4 Å². The first-order valence-electron chi connectivity index (χ1n) is 7.09. The Bertz CT molecular complexity index is 734. The quantitative estimate of drug-likeness (QED) is 0.825. The van der Waals surface area contributed by atoms with Crippen LogP contribution < -0.4 is 0 Å². The molecule has 0 N–H and O–H groups in total. The second-order valence-corrected chi connectivity index (χ2v) is 6.05. The average molecular weight is 272 g/mol. The van der Waals surface area contributed by atoms with E-state index in [0.29, 0.717) is 12.8 Å². The van der Waals surface area contributed by atoms with Gasteiger partial charge in [0.05, 0.1) is 25.0 Å². The summed E-state index contributed by atoms with van der Waals surface area (Å²) in [4.78, 5) is 0. The van der Waals surface area contributed by atoms with Crippen molar-refractivity contribution in [1.82, 2.24) is 0 Å². The normalized spacial score (nSPS) is 13.9. The molecule has 0 fully saturated rings. The van der Waals surface area contributed by atoms with Crippen LogP contribution >= 0.6 is 0 Å². The van der Waals surface area contributed by atoms with Gasteiger partial charge in [-0.1, -0.05) is 50.2 Å². The summed E-state index contributed by atoms with van der Waals surface area (Å²) in [5.74, 6) is 0. The lowest BCUT2D eigenvalue weighted by atomic mass is 9.81. The molecule has 2 aromatic carbocycles. The van der Waals surface area contributed by atoms with Gasteiger partial charge < -0.3 is 0 Å². The Labute approximate surface area is 125 Å². The van der Waals surface area contributed by atoms with Crippen LogP contribution in [0.4, 0.5) is 0 Å². The molecule has 2 aromatic rings. The second-order valence-electron chi connectivity index (χ2n) is 6.05. The third kappa shape index (κ3) is 2.01. The van der Waals surface area contributed by atoms with Gasteiger partial charge in [0.15, 0.2) is 0 Å². The zero-order chi connectivity index (χ0) is 15.0. The molecule has 0 unspecified atom stereocenters. The van der Waals surface area contributed by atoms with E-state index in [0.717, 1.165) is 11.1 Å². The largest absolute Gasteiger partial charge is 0.198 e. The summed E-state index contributed by atoms with van der Waals surface area (Å²) >= 11 is 0. The molecule has 0 heterocycles. The van der Waals surface area contributed by atoms with E-state index in [9.17, 15) is 0 Å². The molecule has 0 saturated heterocycles. The third-order valence-electron chi connectivity index (χ3n) is 4.37. The zero-order valence-corrected chi connectivity index (χ0v) is 12.3. The first-order valence-corrected chi connectivity index (χ1v) is 7.09. The summed E-state index contributed by atoms with van der Waals surface area (Å²) in [5, 5.41) is 17.8. The summed E-state index contributed by atoms with van der Waals surface area (Å²) in [5.41, 5.74) is 7.10. The lowest BCUT2D eigenvalue weighted by Crippen LogP contribution is -2.15. The van der Waals surface area contributed by atoms with Crippen molar-refractivity contribution in [3.05, 3.63) is 58.7 Å². The standard InChI is InChI=1S/C19H16N2/c1-19(2)17-11-13(7-9-20)3-5-15(17)16-6-4-14(8-10-21)12-18(16)19/h3-6,11-12H,7-8H2,1-2H3. The minimum Gasteiger partial charge on any atom is -0.198 e. The minimum atomic E-state index is -0.0817. The lowest BCUT2D eigenvalue weighted by Gasteiger charge is -2.22. The smallest absolute Gasteiger partial charge is 0.0669 e. The van der Waals surface area contributed by atoms with Crippen molar-refractivity contribution in [1.29, 1.82) is 10.5 Å². The molecule has 0 bridgehead atoms. The van der Waals surface area contributed by atoms with Gasteiger partial charge in [0.2, 0.25) is 0 Å². The molecular weight excluding hydrogens is 256 g/mol. The minimum absolute atomic E-state index is 0.0817. The van der Waals surface area contributed by atoms with E-state index in [1.165, 1.54) is 22.3 Å². The highest BCUT2D eigenvalue weighted by Gasteiger charge is 2.35. The maximum Gasteiger partial charge on any atom is 0.0669 e. The van der Waals surface area contributed by atoms with Gasteiger partial charge in [-0.3, -0.25) is 0 Å². The topological polar surface area (TPSA) is 47.6 Å². The Kier molecular flexibility index (Phi) is 3.04. The summed E-state index contributed by atoms with van der Waals surface area (Å²) in [6.45, 7) is 4.42. The average Bonchev–Trinajstić information content (AvgIpc) is 2.68. The Hall–Kier alpha value is -2.58. The SMILES string of the molecule is CC1(C)c2cc(CC#N)ccc2-c2ccc(CC#N)cc21. The van der Waals surface area contributed by atoms with Crippen molar-refractivity contribution < 1.29 is 0 Å². The molecule has 0 amide bonds. The van der Waals surface area contributed by atoms with Crippen molar-refractivity contribution in [2.45, 2.75) is 32.1 Å². The summed E-state index contributed by atoms with van der Waals surface area (Å²) < 4.78 is 0. The van der Waals surface area contributed by atoms with Crippen LogP contribution in [0, 0.1) is 22.7 Å². The van der Waals surface area contributed by atoms with Crippen LogP contribution in [-0.2, 0) is 18.3 Å². The molecule has 1 aliphatic carbocycles. The van der Waals surface area contributed by atoms with Crippen molar-refractivity contribution in [3.63, 3.8) is 0 Å². The lowest BCUT2D eigenvalue weighted by molar-refractivity contribution is 0.658. The van der Waals surface area contributed by atoms with E-state index in [2.05, 4.69) is 50.3 Å². The number of rotatable bonds is 2. The highest BCUT2D eigenvalue weighted by atomic mass is 14.4. The number of benzene rings is 2. The molecule has 1 aliphatic rings. The first kappa shape index (κ1) is 13.4. The van der Waals surface area contributed by atoms with Crippen LogP contribution in [0.3, 0.4) is 0 Å². The predicted molar refractivity (Wildman–Crippen MR) is 82.6 cm³/mol. The Balaban J connectivity index is 2.18. The molecule has 102 valence electrons. The molecule has 2 nitrogen and oxygen atoms in total. The van der Waals surface area contributed by atoms with Crippen LogP contribution in [0.15, 0.2) is 36.4 Å². The first-order chi connectivity index (χ1) is 10.1. The van der Waals surface area contributed by atoms with Gasteiger partial charge in [-0.25, -0.2) is 0 Å². The molecular formula is C19H16N2. The fourth-order valence-corrected chi connectivity index (χ4v) is 3.23. The highest BCUT2D eigenvalue weighted by Crippen LogP contribution is 2.49. The van der Waals surface area contributed by atoms with Crippen molar-refractivity contribution >= 4 is 0 Å². The fourth-order valence-electron chi connectivity index (χ4n) is 3.23. The molecule has 0 spiro atoms. The molecule has 0 aromatic heterocycles. The van der Waals surface area contributed by atoms with E-state index < -0.39 is 0 Å². The van der Waals surface area contributed by atoms with Crippen molar-refractivity contribution in [3.8, 4) is 23.3 Å². The number of nitrogens with zero attached hydrogens (tertiary/aromatic N) is 2. The Morgan fingerprint density at radius 2 is 1.24 bits per heavy atom. The monoisotopic (exact) mass is 272 g/mol. The van der Waals surface area contributed by atoms with Crippen LogP contribution in [0.1, 0.15) is 36.1 Å². The van der Waals surface area contributed by atoms with Gasteiger partial charge in [0.25, 0.3) is 0 Å². The summed E-state index contributed by atoms with van der Waals surface area (Å²) in [6.07, 6.45) is 0.888. The molecule has 2 heteroatoms. The van der Waals surface area contributed by atoms with E-state index >= 15 is 0 Å². The van der Waals surface area contributed by atoms with Gasteiger partial charge >= 0.3 is 0 Å². The Morgan fingerprint density at radius 3 is 1.62 bits per heavy atom. The molecule has 21 heavy (non-hydrogen) atoms. The van der Waals surface area contributed by atoms with Crippen molar-refractivity contribution in [2.75, 3.05) is 0 Å². The molecule has 0 saturated carbocycles. The van der Waals surface area contributed by atoms with Gasteiger partial charge in [0.1, 0.15) is 0 Å². The van der Waals surface area contributed by atoms with Crippen LogP contribution in [0.5, 0.6) is 0 Å².